The molecule has 0 aliphatic carbocycles. The second-order valence-corrected chi connectivity index (χ2v) is 8.92. The number of rotatable bonds is 9. The van der Waals surface area contributed by atoms with E-state index in [1.54, 1.807) is 0 Å². The molecule has 1 saturated heterocycles. The van der Waals surface area contributed by atoms with Crippen molar-refractivity contribution < 1.29 is 9.53 Å². The number of aromatic nitrogens is 2. The molecule has 7 heteroatoms. The van der Waals surface area contributed by atoms with E-state index in [9.17, 15) is 4.79 Å². The number of carbonyl (C=O) groups excluding carboxylic acids is 1. The third-order valence-corrected chi connectivity index (χ3v) is 6.53. The fourth-order valence-corrected chi connectivity index (χ4v) is 4.75. The Balaban J connectivity index is 1.46. The summed E-state index contributed by atoms with van der Waals surface area (Å²) in [4.78, 5) is 24.7. The van der Waals surface area contributed by atoms with Crippen LogP contribution >= 0.6 is 11.8 Å². The molecule has 1 aliphatic rings. The minimum Gasteiger partial charge on any atom is -0.379 e. The van der Waals surface area contributed by atoms with Crippen molar-refractivity contribution in [1.29, 1.82) is 0 Å². The molecule has 0 spiro atoms. The Hall–Kier alpha value is -2.48. The molecule has 1 unspecified atom stereocenters. The molecule has 2 heterocycles. The number of fused-ring (bicyclic) bond motifs is 1. The lowest BCUT2D eigenvalue weighted by molar-refractivity contribution is -0.119. The van der Waals surface area contributed by atoms with Crippen LogP contribution in [0.15, 0.2) is 59.6 Å². The molecule has 1 aliphatic heterocycles. The highest BCUT2D eigenvalue weighted by Gasteiger charge is 2.17. The summed E-state index contributed by atoms with van der Waals surface area (Å²) in [5.74, 6) is 1.14. The van der Waals surface area contributed by atoms with Crippen LogP contribution in [-0.4, -0.2) is 52.8 Å². The Morgan fingerprint density at radius 3 is 2.62 bits per heavy atom. The lowest BCUT2D eigenvalue weighted by atomic mass is 10.0. The third-order valence-electron chi connectivity index (χ3n) is 5.54. The van der Waals surface area contributed by atoms with E-state index < -0.39 is 0 Å². The first-order chi connectivity index (χ1) is 15.7. The number of nitrogens with zero attached hydrogens (tertiary/aromatic N) is 3. The number of hydrogen-bond donors (Lipinski definition) is 1. The van der Waals surface area contributed by atoms with Crippen LogP contribution in [0.2, 0.25) is 0 Å². The number of ether oxygens (including phenoxy) is 1. The van der Waals surface area contributed by atoms with Gasteiger partial charge in [0.1, 0.15) is 10.9 Å². The monoisotopic (exact) mass is 450 g/mol. The van der Waals surface area contributed by atoms with E-state index in [2.05, 4.69) is 29.3 Å². The zero-order chi connectivity index (χ0) is 22.2. The van der Waals surface area contributed by atoms with Gasteiger partial charge in [-0.2, -0.15) is 0 Å². The number of thioether (sulfide) groups is 1. The first-order valence-corrected chi connectivity index (χ1v) is 12.2. The molecule has 1 aromatic heterocycles. The lowest BCUT2D eigenvalue weighted by Crippen LogP contribution is -2.36. The summed E-state index contributed by atoms with van der Waals surface area (Å²) >= 11 is 1.48. The number of amides is 1. The topological polar surface area (TPSA) is 67.4 Å². The number of benzene rings is 2. The highest BCUT2D eigenvalue weighted by molar-refractivity contribution is 8.00. The Morgan fingerprint density at radius 2 is 1.84 bits per heavy atom. The van der Waals surface area contributed by atoms with Crippen LogP contribution in [-0.2, 0) is 16.1 Å². The summed E-state index contributed by atoms with van der Waals surface area (Å²) in [6.45, 7) is 6.10. The number of carbonyl (C=O) groups is 1. The van der Waals surface area contributed by atoms with Crippen LogP contribution < -0.4 is 5.32 Å². The Bertz CT molecular complexity index is 1020. The molecular formula is C25H30N4O2S. The van der Waals surface area contributed by atoms with Crippen molar-refractivity contribution in [2.45, 2.75) is 37.4 Å². The first-order valence-electron chi connectivity index (χ1n) is 11.3. The average molecular weight is 451 g/mol. The molecule has 4 rings (SSSR count). The van der Waals surface area contributed by atoms with Gasteiger partial charge < -0.3 is 10.1 Å². The van der Waals surface area contributed by atoms with E-state index in [4.69, 9.17) is 14.7 Å². The molecular weight excluding hydrogens is 420 g/mol. The summed E-state index contributed by atoms with van der Waals surface area (Å²) in [7, 11) is 0. The van der Waals surface area contributed by atoms with Gasteiger partial charge in [0, 0.05) is 18.5 Å². The lowest BCUT2D eigenvalue weighted by Gasteiger charge is -2.26. The van der Waals surface area contributed by atoms with Gasteiger partial charge in [-0.05, 0) is 18.1 Å². The maximum atomic E-state index is 12.8. The highest BCUT2D eigenvalue weighted by Crippen LogP contribution is 2.26. The minimum atomic E-state index is 0.0229. The number of para-hydroxylation sites is 1. The average Bonchev–Trinajstić information content (AvgIpc) is 2.83. The molecule has 6 nitrogen and oxygen atoms in total. The van der Waals surface area contributed by atoms with Crippen LogP contribution in [0.1, 0.15) is 37.2 Å². The molecule has 2 aromatic carbocycles. The molecule has 0 bridgehead atoms. The zero-order valence-electron chi connectivity index (χ0n) is 18.5. The van der Waals surface area contributed by atoms with Gasteiger partial charge in [-0.1, -0.05) is 73.6 Å². The van der Waals surface area contributed by atoms with Crippen molar-refractivity contribution in [3.63, 3.8) is 0 Å². The Morgan fingerprint density at radius 1 is 1.09 bits per heavy atom. The molecule has 1 fully saturated rings. The molecule has 0 saturated carbocycles. The van der Waals surface area contributed by atoms with E-state index >= 15 is 0 Å². The van der Waals surface area contributed by atoms with E-state index in [1.807, 2.05) is 42.5 Å². The third kappa shape index (κ3) is 6.06. The van der Waals surface area contributed by atoms with Crippen LogP contribution in [0.25, 0.3) is 10.9 Å². The van der Waals surface area contributed by atoms with Gasteiger partial charge in [0.05, 0.1) is 37.1 Å². The maximum Gasteiger partial charge on any atom is 0.230 e. The minimum absolute atomic E-state index is 0.0229. The first kappa shape index (κ1) is 22.7. The predicted molar refractivity (Wildman–Crippen MR) is 129 cm³/mol. The summed E-state index contributed by atoms with van der Waals surface area (Å²) in [5.41, 5.74) is 2.06. The van der Waals surface area contributed by atoms with Gasteiger partial charge in [0.25, 0.3) is 0 Å². The second kappa shape index (κ2) is 11.4. The van der Waals surface area contributed by atoms with E-state index in [0.717, 1.165) is 66.5 Å². The van der Waals surface area contributed by atoms with Gasteiger partial charge in [-0.25, -0.2) is 9.97 Å². The maximum absolute atomic E-state index is 12.8. The molecule has 1 amide bonds. The van der Waals surface area contributed by atoms with Gasteiger partial charge >= 0.3 is 0 Å². The van der Waals surface area contributed by atoms with Gasteiger partial charge in [0.15, 0.2) is 0 Å². The summed E-state index contributed by atoms with van der Waals surface area (Å²) in [6, 6.07) is 18.2. The summed E-state index contributed by atoms with van der Waals surface area (Å²) in [6.07, 6.45) is 1.93. The quantitative estimate of drug-likeness (QED) is 0.389. The predicted octanol–water partition coefficient (Wildman–Crippen LogP) is 4.21. The normalized spacial score (nSPS) is 15.5. The van der Waals surface area contributed by atoms with Crippen LogP contribution in [0.3, 0.4) is 0 Å². The molecule has 0 radical (unpaired) electrons. The molecule has 168 valence electrons. The Labute approximate surface area is 193 Å². The van der Waals surface area contributed by atoms with E-state index in [1.165, 1.54) is 11.8 Å². The Kier molecular flexibility index (Phi) is 8.09. The SMILES string of the molecule is CCCC(NC(=O)CSc1nc(CN2CCOCC2)nc2ccccc12)c1ccccc1. The van der Waals surface area contributed by atoms with Crippen molar-refractivity contribution >= 4 is 28.6 Å². The number of morpholine rings is 1. The van der Waals surface area contributed by atoms with Crippen molar-refractivity contribution in [2.75, 3.05) is 32.1 Å². The largest absolute Gasteiger partial charge is 0.379 e. The number of hydrogen-bond acceptors (Lipinski definition) is 6. The molecule has 3 aromatic rings. The summed E-state index contributed by atoms with van der Waals surface area (Å²) < 4.78 is 5.45. The van der Waals surface area contributed by atoms with Gasteiger partial charge in [0.2, 0.25) is 5.91 Å². The van der Waals surface area contributed by atoms with Crippen LogP contribution in [0, 0.1) is 0 Å². The zero-order valence-corrected chi connectivity index (χ0v) is 19.3. The molecule has 1 atom stereocenters. The summed E-state index contributed by atoms with van der Waals surface area (Å²) in [5, 5.41) is 5.06. The molecule has 1 N–H and O–H groups in total. The van der Waals surface area contributed by atoms with Gasteiger partial charge in [-0.15, -0.1) is 0 Å². The van der Waals surface area contributed by atoms with Crippen LogP contribution in [0.5, 0.6) is 0 Å². The fraction of sp³-hybridized carbons (Fsp3) is 0.400. The van der Waals surface area contributed by atoms with Crippen molar-refractivity contribution in [2.24, 2.45) is 0 Å². The van der Waals surface area contributed by atoms with E-state index in [0.29, 0.717) is 12.3 Å². The highest BCUT2D eigenvalue weighted by atomic mass is 32.2. The number of nitrogens with one attached hydrogen (secondary N) is 1. The van der Waals surface area contributed by atoms with E-state index in [-0.39, 0.29) is 11.9 Å². The van der Waals surface area contributed by atoms with Crippen molar-refractivity contribution in [1.82, 2.24) is 20.2 Å². The second-order valence-electron chi connectivity index (χ2n) is 7.96. The van der Waals surface area contributed by atoms with Crippen molar-refractivity contribution in [3.05, 3.63) is 66.0 Å². The smallest absolute Gasteiger partial charge is 0.230 e. The molecule has 32 heavy (non-hydrogen) atoms. The van der Waals surface area contributed by atoms with Gasteiger partial charge in [-0.3, -0.25) is 9.69 Å². The standard InChI is InChI=1S/C25H30N4O2S/c1-2-8-21(19-9-4-3-5-10-19)27-24(30)18-32-25-20-11-6-7-12-22(20)26-23(28-25)17-29-13-15-31-16-14-29/h3-7,9-12,21H,2,8,13-18H2,1H3,(H,27,30). The fourth-order valence-electron chi connectivity index (χ4n) is 3.90. The van der Waals surface area contributed by atoms with Crippen molar-refractivity contribution in [3.8, 4) is 0 Å². The van der Waals surface area contributed by atoms with Crippen LogP contribution in [0.4, 0.5) is 0 Å².